The zero-order chi connectivity index (χ0) is 16.4. The first-order valence-corrected chi connectivity index (χ1v) is 8.04. The molecular formula is C15H16FN5OS. The van der Waals surface area contributed by atoms with E-state index in [0.29, 0.717) is 11.6 Å². The Morgan fingerprint density at radius 1 is 1.22 bits per heavy atom. The van der Waals surface area contributed by atoms with Gasteiger partial charge in [0.1, 0.15) is 12.1 Å². The molecule has 0 atom stereocenters. The summed E-state index contributed by atoms with van der Waals surface area (Å²) < 4.78 is 20.2. The molecular weight excluding hydrogens is 317 g/mol. The summed E-state index contributed by atoms with van der Waals surface area (Å²) >= 11 is 1.49. The van der Waals surface area contributed by atoms with Crippen LogP contribution in [0.15, 0.2) is 40.1 Å². The quantitative estimate of drug-likeness (QED) is 0.681. The molecule has 0 unspecified atom stereocenters. The first kappa shape index (κ1) is 15.7. The van der Waals surface area contributed by atoms with Gasteiger partial charge in [-0.3, -0.25) is 0 Å². The summed E-state index contributed by atoms with van der Waals surface area (Å²) in [7, 11) is 0. The molecule has 0 bridgehead atoms. The molecule has 2 aromatic heterocycles. The average Bonchev–Trinajstić information content (AvgIpc) is 3.14. The monoisotopic (exact) mass is 333 g/mol. The molecule has 0 aliphatic carbocycles. The van der Waals surface area contributed by atoms with Crippen LogP contribution in [-0.2, 0) is 11.3 Å². The van der Waals surface area contributed by atoms with Crippen molar-refractivity contribution in [2.75, 3.05) is 0 Å². The van der Waals surface area contributed by atoms with Crippen LogP contribution in [0.1, 0.15) is 26.5 Å². The summed E-state index contributed by atoms with van der Waals surface area (Å²) in [5, 5.41) is 12.5. The zero-order valence-corrected chi connectivity index (χ0v) is 13.8. The molecule has 120 valence electrons. The first-order chi connectivity index (χ1) is 10.9. The third-order valence-corrected chi connectivity index (χ3v) is 4.02. The highest BCUT2D eigenvalue weighted by molar-refractivity contribution is 7.98. The van der Waals surface area contributed by atoms with Crippen molar-refractivity contribution in [1.82, 2.24) is 25.2 Å². The molecule has 8 heteroatoms. The van der Waals surface area contributed by atoms with E-state index in [1.54, 1.807) is 23.1 Å². The maximum Gasteiger partial charge on any atom is 0.226 e. The second kappa shape index (κ2) is 6.11. The third-order valence-electron chi connectivity index (χ3n) is 3.07. The summed E-state index contributed by atoms with van der Waals surface area (Å²) in [6, 6.07) is 6.04. The Hall–Kier alpha value is -2.22. The molecule has 0 radical (unpaired) electrons. The summed E-state index contributed by atoms with van der Waals surface area (Å²) in [4.78, 5) is 4.41. The summed E-state index contributed by atoms with van der Waals surface area (Å²) in [6.45, 7) is 6.11. The van der Waals surface area contributed by atoms with Gasteiger partial charge in [0, 0.05) is 11.3 Å². The van der Waals surface area contributed by atoms with Crippen LogP contribution in [0, 0.1) is 5.82 Å². The summed E-state index contributed by atoms with van der Waals surface area (Å²) in [5.41, 5.74) is 1.33. The van der Waals surface area contributed by atoms with Crippen molar-refractivity contribution in [3.8, 4) is 11.5 Å². The van der Waals surface area contributed by atoms with Crippen molar-refractivity contribution < 1.29 is 8.81 Å². The Labute approximate surface area is 137 Å². The van der Waals surface area contributed by atoms with Crippen LogP contribution in [0.25, 0.3) is 11.5 Å². The minimum Gasteiger partial charge on any atom is -0.444 e. The lowest BCUT2D eigenvalue weighted by molar-refractivity contribution is 0.321. The molecule has 0 fully saturated rings. The number of rotatable bonds is 4. The van der Waals surface area contributed by atoms with Crippen LogP contribution >= 0.6 is 11.8 Å². The van der Waals surface area contributed by atoms with Crippen molar-refractivity contribution in [3.63, 3.8) is 0 Å². The van der Waals surface area contributed by atoms with Gasteiger partial charge >= 0.3 is 0 Å². The minimum atomic E-state index is -0.287. The lowest BCUT2D eigenvalue weighted by Gasteiger charge is -2.19. The molecule has 1 aromatic carbocycles. The normalized spacial score (nSPS) is 11.8. The van der Waals surface area contributed by atoms with Crippen molar-refractivity contribution in [2.45, 2.75) is 37.2 Å². The van der Waals surface area contributed by atoms with E-state index in [4.69, 9.17) is 4.42 Å². The van der Waals surface area contributed by atoms with Gasteiger partial charge in [0.15, 0.2) is 0 Å². The van der Waals surface area contributed by atoms with Gasteiger partial charge in [-0.1, -0.05) is 11.8 Å². The fourth-order valence-corrected chi connectivity index (χ4v) is 2.86. The van der Waals surface area contributed by atoms with E-state index in [1.165, 1.54) is 23.9 Å². The highest BCUT2D eigenvalue weighted by Crippen LogP contribution is 2.26. The molecule has 3 rings (SSSR count). The molecule has 6 nitrogen and oxygen atoms in total. The van der Waals surface area contributed by atoms with E-state index < -0.39 is 0 Å². The van der Waals surface area contributed by atoms with E-state index in [0.717, 1.165) is 16.4 Å². The van der Waals surface area contributed by atoms with E-state index in [2.05, 4.69) is 20.5 Å². The molecule has 0 N–H and O–H groups in total. The van der Waals surface area contributed by atoms with Crippen LogP contribution in [0.4, 0.5) is 4.39 Å². The molecule has 0 spiro atoms. The lowest BCUT2D eigenvalue weighted by Crippen LogP contribution is -2.24. The maximum atomic E-state index is 12.9. The number of thioether (sulfide) groups is 1. The van der Waals surface area contributed by atoms with Gasteiger partial charge in [0.05, 0.1) is 11.2 Å². The van der Waals surface area contributed by atoms with E-state index in [9.17, 15) is 4.39 Å². The van der Waals surface area contributed by atoms with E-state index in [-0.39, 0.29) is 11.4 Å². The number of hydrogen-bond acceptors (Lipinski definition) is 6. The Morgan fingerprint density at radius 3 is 2.65 bits per heavy atom. The lowest BCUT2D eigenvalue weighted by atomic mass is 10.1. The predicted octanol–water partition coefficient (Wildman–Crippen LogP) is 3.51. The Kier molecular flexibility index (Phi) is 4.16. The van der Waals surface area contributed by atoms with E-state index >= 15 is 0 Å². The van der Waals surface area contributed by atoms with Gasteiger partial charge in [0.2, 0.25) is 11.0 Å². The smallest absolute Gasteiger partial charge is 0.226 e. The number of tetrazole rings is 1. The number of nitrogens with zero attached hydrogens (tertiary/aromatic N) is 5. The summed E-state index contributed by atoms with van der Waals surface area (Å²) in [5.74, 6) is 0.766. The van der Waals surface area contributed by atoms with Gasteiger partial charge in [0.25, 0.3) is 0 Å². The Bertz CT molecular complexity index is 791. The second-order valence-corrected chi connectivity index (χ2v) is 6.93. The van der Waals surface area contributed by atoms with E-state index in [1.807, 2.05) is 20.8 Å². The molecule has 3 aromatic rings. The van der Waals surface area contributed by atoms with Gasteiger partial charge < -0.3 is 4.42 Å². The van der Waals surface area contributed by atoms with Crippen LogP contribution in [-0.4, -0.2) is 25.2 Å². The number of hydrogen-bond donors (Lipinski definition) is 0. The number of aromatic nitrogens is 5. The maximum absolute atomic E-state index is 12.9. The second-order valence-electron chi connectivity index (χ2n) is 5.98. The molecule has 0 amide bonds. The van der Waals surface area contributed by atoms with Gasteiger partial charge in [-0.25, -0.2) is 14.1 Å². The summed E-state index contributed by atoms with van der Waals surface area (Å²) in [6.07, 6.45) is 1.59. The molecule has 23 heavy (non-hydrogen) atoms. The number of benzene rings is 1. The number of halogens is 1. The van der Waals surface area contributed by atoms with Crippen molar-refractivity contribution >= 4 is 11.8 Å². The number of oxazole rings is 1. The fraction of sp³-hybridized carbons (Fsp3) is 0.333. The molecule has 0 saturated carbocycles. The average molecular weight is 333 g/mol. The standard InChI is InChI=1S/C15H16FN5OS/c1-15(2,3)21-14(18-19-20-21)23-9-12-8-22-13(17-12)10-4-6-11(16)7-5-10/h4-8H,9H2,1-3H3. The Morgan fingerprint density at radius 2 is 1.96 bits per heavy atom. The molecule has 0 aliphatic heterocycles. The van der Waals surface area contributed by atoms with Crippen molar-refractivity contribution in [1.29, 1.82) is 0 Å². The highest BCUT2D eigenvalue weighted by Gasteiger charge is 2.20. The first-order valence-electron chi connectivity index (χ1n) is 7.05. The van der Waals surface area contributed by atoms with Crippen molar-refractivity contribution in [3.05, 3.63) is 42.0 Å². The molecule has 0 saturated heterocycles. The topological polar surface area (TPSA) is 69.6 Å². The predicted molar refractivity (Wildman–Crippen MR) is 84.3 cm³/mol. The minimum absolute atomic E-state index is 0.186. The van der Waals surface area contributed by atoms with Crippen LogP contribution in [0.3, 0.4) is 0 Å². The van der Waals surface area contributed by atoms with Crippen LogP contribution in [0.2, 0.25) is 0 Å². The molecule has 0 aliphatic rings. The Balaban J connectivity index is 1.71. The third kappa shape index (κ3) is 3.58. The highest BCUT2D eigenvalue weighted by atomic mass is 32.2. The van der Waals surface area contributed by atoms with Gasteiger partial charge in [-0.15, -0.1) is 5.10 Å². The van der Waals surface area contributed by atoms with Gasteiger partial charge in [-0.2, -0.15) is 0 Å². The van der Waals surface area contributed by atoms with Crippen molar-refractivity contribution in [2.24, 2.45) is 0 Å². The van der Waals surface area contributed by atoms with Crippen LogP contribution in [0.5, 0.6) is 0 Å². The largest absolute Gasteiger partial charge is 0.444 e. The van der Waals surface area contributed by atoms with Gasteiger partial charge in [-0.05, 0) is 55.5 Å². The zero-order valence-electron chi connectivity index (χ0n) is 13.0. The fourth-order valence-electron chi connectivity index (χ4n) is 1.93. The SMILES string of the molecule is CC(C)(C)n1nnnc1SCc1coc(-c2ccc(F)cc2)n1. The molecule has 2 heterocycles. The van der Waals surface area contributed by atoms with Crippen LogP contribution < -0.4 is 0 Å².